The predicted octanol–water partition coefficient (Wildman–Crippen LogP) is 2.50. The van der Waals surface area contributed by atoms with E-state index in [1.807, 2.05) is 0 Å². The highest BCUT2D eigenvalue weighted by Gasteiger charge is 2.42. The maximum absolute atomic E-state index is 3.35. The topological polar surface area (TPSA) is 15.3 Å². The SMILES string of the molecule is CCC1(CC)CCN(C2CCC2CNC)C1. The fraction of sp³-hybridized carbons (Fsp3) is 1.00. The van der Waals surface area contributed by atoms with Crippen molar-refractivity contribution in [1.82, 2.24) is 10.2 Å². The summed E-state index contributed by atoms with van der Waals surface area (Å²) in [7, 11) is 2.09. The van der Waals surface area contributed by atoms with Gasteiger partial charge in [0.25, 0.3) is 0 Å². The van der Waals surface area contributed by atoms with Crippen LogP contribution in [0.4, 0.5) is 0 Å². The molecule has 0 radical (unpaired) electrons. The maximum atomic E-state index is 3.35. The lowest BCUT2D eigenvalue weighted by Gasteiger charge is -2.43. The molecule has 2 rings (SSSR count). The van der Waals surface area contributed by atoms with E-state index in [0.717, 1.165) is 12.0 Å². The van der Waals surface area contributed by atoms with E-state index in [4.69, 9.17) is 0 Å². The van der Waals surface area contributed by atoms with Crippen LogP contribution in [-0.2, 0) is 0 Å². The summed E-state index contributed by atoms with van der Waals surface area (Å²) in [6.45, 7) is 8.68. The highest BCUT2D eigenvalue weighted by Crippen LogP contribution is 2.42. The summed E-state index contributed by atoms with van der Waals surface area (Å²) in [5, 5.41) is 3.35. The Morgan fingerprint density at radius 2 is 2.00 bits per heavy atom. The van der Waals surface area contributed by atoms with Gasteiger partial charge in [0.1, 0.15) is 0 Å². The number of rotatable bonds is 5. The standard InChI is InChI=1S/C14H28N2/c1-4-14(5-2)8-9-16(11-14)13-7-6-12(13)10-15-3/h12-13,15H,4-11H2,1-3H3. The van der Waals surface area contributed by atoms with Crippen molar-refractivity contribution in [2.75, 3.05) is 26.7 Å². The summed E-state index contributed by atoms with van der Waals surface area (Å²) in [6.07, 6.45) is 7.04. The Hall–Kier alpha value is -0.0800. The van der Waals surface area contributed by atoms with Crippen molar-refractivity contribution >= 4 is 0 Å². The van der Waals surface area contributed by atoms with Crippen LogP contribution in [0.3, 0.4) is 0 Å². The third kappa shape index (κ3) is 2.14. The Morgan fingerprint density at radius 3 is 2.44 bits per heavy atom. The number of nitrogens with one attached hydrogen (secondary N) is 1. The first kappa shape index (κ1) is 12.4. The van der Waals surface area contributed by atoms with Crippen LogP contribution in [0.25, 0.3) is 0 Å². The van der Waals surface area contributed by atoms with Gasteiger partial charge in [-0.25, -0.2) is 0 Å². The van der Waals surface area contributed by atoms with Crippen LogP contribution in [-0.4, -0.2) is 37.6 Å². The molecular formula is C14H28N2. The van der Waals surface area contributed by atoms with Gasteiger partial charge in [-0.15, -0.1) is 0 Å². The molecule has 0 aromatic carbocycles. The minimum Gasteiger partial charge on any atom is -0.319 e. The van der Waals surface area contributed by atoms with Gasteiger partial charge in [0.2, 0.25) is 0 Å². The minimum absolute atomic E-state index is 0.653. The van der Waals surface area contributed by atoms with Crippen LogP contribution in [0, 0.1) is 11.3 Å². The van der Waals surface area contributed by atoms with Crippen molar-refractivity contribution in [1.29, 1.82) is 0 Å². The Balaban J connectivity index is 1.88. The first-order valence-electron chi connectivity index (χ1n) is 7.13. The molecule has 1 saturated carbocycles. The number of hydrogen-bond donors (Lipinski definition) is 1. The van der Waals surface area contributed by atoms with Crippen LogP contribution in [0.1, 0.15) is 46.0 Å². The fourth-order valence-electron chi connectivity index (χ4n) is 3.61. The van der Waals surface area contributed by atoms with Crippen molar-refractivity contribution in [3.63, 3.8) is 0 Å². The van der Waals surface area contributed by atoms with Gasteiger partial charge in [0.05, 0.1) is 0 Å². The van der Waals surface area contributed by atoms with Crippen LogP contribution in [0.5, 0.6) is 0 Å². The molecule has 1 aliphatic heterocycles. The van der Waals surface area contributed by atoms with Crippen molar-refractivity contribution < 1.29 is 0 Å². The van der Waals surface area contributed by atoms with E-state index in [9.17, 15) is 0 Å². The number of likely N-dealkylation sites (tertiary alicyclic amines) is 1. The fourth-order valence-corrected chi connectivity index (χ4v) is 3.61. The Morgan fingerprint density at radius 1 is 1.25 bits per heavy atom. The molecular weight excluding hydrogens is 196 g/mol. The Labute approximate surface area is 101 Å². The summed E-state index contributed by atoms with van der Waals surface area (Å²) in [6, 6.07) is 0.896. The van der Waals surface area contributed by atoms with Gasteiger partial charge < -0.3 is 5.32 Å². The first-order valence-corrected chi connectivity index (χ1v) is 7.13. The van der Waals surface area contributed by atoms with Gasteiger partial charge in [0.15, 0.2) is 0 Å². The van der Waals surface area contributed by atoms with E-state index in [2.05, 4.69) is 31.1 Å². The average molecular weight is 224 g/mol. The summed E-state index contributed by atoms with van der Waals surface area (Å²) < 4.78 is 0. The second-order valence-corrected chi connectivity index (χ2v) is 5.89. The van der Waals surface area contributed by atoms with E-state index in [1.165, 1.54) is 51.7 Å². The number of hydrogen-bond acceptors (Lipinski definition) is 2. The smallest absolute Gasteiger partial charge is 0.0136 e. The summed E-state index contributed by atoms with van der Waals surface area (Å²) in [5.74, 6) is 0.925. The Kier molecular flexibility index (Phi) is 3.91. The van der Waals surface area contributed by atoms with E-state index >= 15 is 0 Å². The third-order valence-electron chi connectivity index (χ3n) is 5.28. The molecule has 1 saturated heterocycles. The van der Waals surface area contributed by atoms with Gasteiger partial charge in [-0.1, -0.05) is 13.8 Å². The zero-order valence-corrected chi connectivity index (χ0v) is 11.3. The average Bonchev–Trinajstić information content (AvgIpc) is 2.69. The normalized spacial score (nSPS) is 33.9. The van der Waals surface area contributed by atoms with Gasteiger partial charge in [-0.3, -0.25) is 4.90 Å². The highest BCUT2D eigenvalue weighted by molar-refractivity contribution is 4.97. The molecule has 1 N–H and O–H groups in total. The molecule has 2 fully saturated rings. The molecule has 94 valence electrons. The molecule has 16 heavy (non-hydrogen) atoms. The van der Waals surface area contributed by atoms with Crippen LogP contribution in [0.2, 0.25) is 0 Å². The summed E-state index contributed by atoms with van der Waals surface area (Å²) in [5.41, 5.74) is 0.653. The molecule has 1 heterocycles. The van der Waals surface area contributed by atoms with Crippen molar-refractivity contribution in [3.8, 4) is 0 Å². The van der Waals surface area contributed by atoms with Crippen molar-refractivity contribution in [2.45, 2.75) is 52.0 Å². The minimum atomic E-state index is 0.653. The highest BCUT2D eigenvalue weighted by atomic mass is 15.2. The predicted molar refractivity (Wildman–Crippen MR) is 69.6 cm³/mol. The van der Waals surface area contributed by atoms with Gasteiger partial charge in [-0.05, 0) is 63.6 Å². The maximum Gasteiger partial charge on any atom is 0.0136 e. The zero-order chi connectivity index (χ0) is 11.6. The van der Waals surface area contributed by atoms with E-state index in [0.29, 0.717) is 5.41 Å². The van der Waals surface area contributed by atoms with Crippen molar-refractivity contribution in [2.24, 2.45) is 11.3 Å². The Bertz CT molecular complexity index is 223. The summed E-state index contributed by atoms with van der Waals surface area (Å²) in [4.78, 5) is 2.79. The lowest BCUT2D eigenvalue weighted by Crippen LogP contribution is -2.49. The molecule has 0 bridgehead atoms. The second-order valence-electron chi connectivity index (χ2n) is 5.89. The van der Waals surface area contributed by atoms with Gasteiger partial charge in [0, 0.05) is 12.6 Å². The lowest BCUT2D eigenvalue weighted by atomic mass is 9.78. The molecule has 2 nitrogen and oxygen atoms in total. The zero-order valence-electron chi connectivity index (χ0n) is 11.3. The largest absolute Gasteiger partial charge is 0.319 e. The molecule has 0 amide bonds. The number of nitrogens with zero attached hydrogens (tertiary/aromatic N) is 1. The molecule has 2 heteroatoms. The molecule has 0 spiro atoms. The van der Waals surface area contributed by atoms with Crippen LogP contribution < -0.4 is 5.32 Å². The second kappa shape index (κ2) is 5.05. The molecule has 1 aliphatic carbocycles. The van der Waals surface area contributed by atoms with Crippen molar-refractivity contribution in [3.05, 3.63) is 0 Å². The molecule has 2 unspecified atom stereocenters. The lowest BCUT2D eigenvalue weighted by molar-refractivity contribution is 0.0707. The molecule has 2 aliphatic rings. The van der Waals surface area contributed by atoms with E-state index < -0.39 is 0 Å². The van der Waals surface area contributed by atoms with E-state index in [1.54, 1.807) is 0 Å². The van der Waals surface area contributed by atoms with Crippen LogP contribution >= 0.6 is 0 Å². The molecule has 0 aromatic heterocycles. The molecule has 0 aromatic rings. The van der Waals surface area contributed by atoms with E-state index in [-0.39, 0.29) is 0 Å². The summed E-state index contributed by atoms with van der Waals surface area (Å²) >= 11 is 0. The van der Waals surface area contributed by atoms with Gasteiger partial charge >= 0.3 is 0 Å². The van der Waals surface area contributed by atoms with Gasteiger partial charge in [-0.2, -0.15) is 0 Å². The first-order chi connectivity index (χ1) is 7.74. The quantitative estimate of drug-likeness (QED) is 0.772. The van der Waals surface area contributed by atoms with Crippen LogP contribution in [0.15, 0.2) is 0 Å². The monoisotopic (exact) mass is 224 g/mol. The third-order valence-corrected chi connectivity index (χ3v) is 5.28. The molecule has 2 atom stereocenters.